The third-order valence-corrected chi connectivity index (χ3v) is 7.67. The molecule has 0 unspecified atom stereocenters. The van der Waals surface area contributed by atoms with E-state index >= 15 is 0 Å². The molecule has 8 nitrogen and oxygen atoms in total. The molecule has 4 heterocycles. The van der Waals surface area contributed by atoms with Crippen molar-refractivity contribution in [2.45, 2.75) is 43.9 Å². The molecule has 0 aliphatic heterocycles. The summed E-state index contributed by atoms with van der Waals surface area (Å²) >= 11 is 4.65. The maximum Gasteiger partial charge on any atom is 0.257 e. The summed E-state index contributed by atoms with van der Waals surface area (Å²) in [5.41, 5.74) is 0. The molecule has 0 N–H and O–H groups in total. The Hall–Kier alpha value is -2.50. The molecule has 0 spiro atoms. The molecule has 4 aromatic heterocycles. The number of thiophene rings is 2. The van der Waals surface area contributed by atoms with Crippen LogP contribution in [0.4, 0.5) is 0 Å². The fourth-order valence-electron chi connectivity index (χ4n) is 3.37. The number of aromatic nitrogens is 5. The maximum absolute atomic E-state index is 13.0. The van der Waals surface area contributed by atoms with Gasteiger partial charge >= 0.3 is 0 Å². The second-order valence-electron chi connectivity index (χ2n) is 7.47. The Kier molecular flexibility index (Phi) is 6.37. The molecule has 1 amide bonds. The molecule has 4 aromatic rings. The predicted molar refractivity (Wildman–Crippen MR) is 126 cm³/mol. The van der Waals surface area contributed by atoms with Crippen LogP contribution < -0.4 is 0 Å². The van der Waals surface area contributed by atoms with Crippen LogP contribution in [0.15, 0.2) is 44.6 Å². The molecule has 0 atom stereocenters. The Bertz CT molecular complexity index is 1160. The van der Waals surface area contributed by atoms with Gasteiger partial charge in [0, 0.05) is 12.6 Å². The molecule has 0 bridgehead atoms. The predicted octanol–water partition coefficient (Wildman–Crippen LogP) is 4.98. The SMILES string of the molecule is CCCN(Cc1nnc(-c2cccs2)o1)C(=O)CSc1nnc(-c2cccs2)n1C1CC1. The molecule has 166 valence electrons. The first-order valence-corrected chi connectivity index (χ1v) is 13.2. The summed E-state index contributed by atoms with van der Waals surface area (Å²) < 4.78 is 7.98. The average molecular weight is 487 g/mol. The Balaban J connectivity index is 1.26. The van der Waals surface area contributed by atoms with Gasteiger partial charge in [0.05, 0.1) is 22.1 Å². The fourth-order valence-corrected chi connectivity index (χ4v) is 5.63. The lowest BCUT2D eigenvalue weighted by Crippen LogP contribution is -2.33. The molecular formula is C21H22N6O2S3. The van der Waals surface area contributed by atoms with E-state index in [-0.39, 0.29) is 5.91 Å². The van der Waals surface area contributed by atoms with Crippen LogP contribution >= 0.6 is 34.4 Å². The van der Waals surface area contributed by atoms with Crippen LogP contribution in [0.2, 0.25) is 0 Å². The summed E-state index contributed by atoms with van der Waals surface area (Å²) in [6.07, 6.45) is 3.11. The maximum atomic E-state index is 13.0. The van der Waals surface area contributed by atoms with E-state index < -0.39 is 0 Å². The third-order valence-electron chi connectivity index (χ3n) is 5.01. The van der Waals surface area contributed by atoms with Crippen LogP contribution in [0, 0.1) is 0 Å². The zero-order valence-electron chi connectivity index (χ0n) is 17.5. The number of rotatable bonds is 10. The van der Waals surface area contributed by atoms with Gasteiger partial charge in [0.1, 0.15) is 0 Å². The molecular weight excluding hydrogens is 464 g/mol. The summed E-state index contributed by atoms with van der Waals surface area (Å²) in [7, 11) is 0. The van der Waals surface area contributed by atoms with Gasteiger partial charge in [0.25, 0.3) is 5.89 Å². The number of hydrogen-bond acceptors (Lipinski definition) is 9. The van der Waals surface area contributed by atoms with Crippen molar-refractivity contribution < 1.29 is 9.21 Å². The van der Waals surface area contributed by atoms with E-state index in [0.717, 1.165) is 40.0 Å². The standard InChI is InChI=1S/C21H22N6O2S3/c1-2-9-26(12-17-22-24-20(29-17)16-6-4-11-31-16)18(28)13-32-21-25-23-19(15-5-3-10-30-15)27(21)14-7-8-14/h3-6,10-11,14H,2,7-9,12-13H2,1H3. The lowest BCUT2D eigenvalue weighted by atomic mass is 10.4. The molecule has 1 saturated carbocycles. The van der Waals surface area contributed by atoms with Gasteiger partial charge in [-0.2, -0.15) is 0 Å². The van der Waals surface area contributed by atoms with Gasteiger partial charge in [-0.1, -0.05) is 30.8 Å². The van der Waals surface area contributed by atoms with Crippen LogP contribution in [0.1, 0.15) is 38.1 Å². The van der Waals surface area contributed by atoms with Gasteiger partial charge < -0.3 is 9.32 Å². The zero-order valence-corrected chi connectivity index (χ0v) is 20.0. The number of amides is 1. The van der Waals surface area contributed by atoms with Crippen LogP contribution in [0.5, 0.6) is 0 Å². The van der Waals surface area contributed by atoms with Crippen LogP contribution in [-0.2, 0) is 11.3 Å². The van der Waals surface area contributed by atoms with Gasteiger partial charge in [-0.3, -0.25) is 9.36 Å². The van der Waals surface area contributed by atoms with Crippen molar-refractivity contribution in [2.24, 2.45) is 0 Å². The van der Waals surface area contributed by atoms with E-state index in [2.05, 4.69) is 38.0 Å². The lowest BCUT2D eigenvalue weighted by Gasteiger charge is -2.20. The van der Waals surface area contributed by atoms with Gasteiger partial charge in [0.2, 0.25) is 11.8 Å². The highest BCUT2D eigenvalue weighted by Gasteiger charge is 2.31. The van der Waals surface area contributed by atoms with Crippen LogP contribution in [-0.4, -0.2) is 48.1 Å². The minimum Gasteiger partial charge on any atom is -0.418 e. The third kappa shape index (κ3) is 4.64. The minimum atomic E-state index is 0.0238. The lowest BCUT2D eigenvalue weighted by molar-refractivity contribution is -0.129. The van der Waals surface area contributed by atoms with Gasteiger partial charge in [-0.25, -0.2) is 0 Å². The van der Waals surface area contributed by atoms with E-state index in [1.165, 1.54) is 11.8 Å². The average Bonchev–Trinajstić information content (AvgIpc) is 3.32. The molecule has 11 heteroatoms. The van der Waals surface area contributed by atoms with Crippen molar-refractivity contribution in [1.82, 2.24) is 29.9 Å². The number of hydrogen-bond donors (Lipinski definition) is 0. The van der Waals surface area contributed by atoms with Gasteiger partial charge in [0.15, 0.2) is 11.0 Å². The second-order valence-corrected chi connectivity index (χ2v) is 10.3. The molecule has 1 aliphatic rings. The number of nitrogens with zero attached hydrogens (tertiary/aromatic N) is 6. The van der Waals surface area contributed by atoms with Crippen molar-refractivity contribution in [3.8, 4) is 21.5 Å². The Morgan fingerprint density at radius 2 is 1.94 bits per heavy atom. The number of thioether (sulfide) groups is 1. The Morgan fingerprint density at radius 1 is 1.16 bits per heavy atom. The molecule has 0 radical (unpaired) electrons. The largest absolute Gasteiger partial charge is 0.418 e. The van der Waals surface area contributed by atoms with E-state index in [0.29, 0.717) is 36.7 Å². The van der Waals surface area contributed by atoms with Gasteiger partial charge in [-0.15, -0.1) is 43.1 Å². The summed E-state index contributed by atoms with van der Waals surface area (Å²) in [6.45, 7) is 2.99. The molecule has 5 rings (SSSR count). The Morgan fingerprint density at radius 3 is 2.62 bits per heavy atom. The zero-order chi connectivity index (χ0) is 21.9. The molecule has 1 fully saturated rings. The summed E-state index contributed by atoms with van der Waals surface area (Å²) in [5, 5.41) is 21.9. The first kappa shape index (κ1) is 21.4. The topological polar surface area (TPSA) is 89.9 Å². The highest BCUT2D eigenvalue weighted by molar-refractivity contribution is 7.99. The summed E-state index contributed by atoms with van der Waals surface area (Å²) in [5.74, 6) is 2.15. The summed E-state index contributed by atoms with van der Waals surface area (Å²) in [4.78, 5) is 16.8. The highest BCUT2D eigenvalue weighted by Crippen LogP contribution is 2.41. The van der Waals surface area contributed by atoms with Crippen molar-refractivity contribution in [1.29, 1.82) is 0 Å². The van der Waals surface area contributed by atoms with Crippen molar-refractivity contribution in [3.63, 3.8) is 0 Å². The van der Waals surface area contributed by atoms with E-state index in [1.54, 1.807) is 27.6 Å². The first-order valence-electron chi connectivity index (χ1n) is 10.5. The fraction of sp³-hybridized carbons (Fsp3) is 0.381. The second kappa shape index (κ2) is 9.55. The van der Waals surface area contributed by atoms with Crippen LogP contribution in [0.25, 0.3) is 21.5 Å². The van der Waals surface area contributed by atoms with Crippen molar-refractivity contribution in [2.75, 3.05) is 12.3 Å². The normalized spacial score (nSPS) is 13.5. The van der Waals surface area contributed by atoms with Gasteiger partial charge in [-0.05, 0) is 42.2 Å². The summed E-state index contributed by atoms with van der Waals surface area (Å²) in [6, 6.07) is 8.39. The van der Waals surface area contributed by atoms with E-state index in [1.807, 2.05) is 29.0 Å². The molecule has 0 saturated heterocycles. The highest BCUT2D eigenvalue weighted by atomic mass is 32.2. The van der Waals surface area contributed by atoms with Crippen LogP contribution in [0.3, 0.4) is 0 Å². The van der Waals surface area contributed by atoms with E-state index in [4.69, 9.17) is 4.42 Å². The number of carbonyl (C=O) groups excluding carboxylic acids is 1. The molecule has 1 aliphatic carbocycles. The van der Waals surface area contributed by atoms with E-state index in [9.17, 15) is 4.79 Å². The quantitative estimate of drug-likeness (QED) is 0.292. The molecule has 32 heavy (non-hydrogen) atoms. The smallest absolute Gasteiger partial charge is 0.257 e. The monoisotopic (exact) mass is 486 g/mol. The number of carbonyl (C=O) groups is 1. The van der Waals surface area contributed by atoms with Crippen molar-refractivity contribution in [3.05, 3.63) is 40.9 Å². The van der Waals surface area contributed by atoms with Crippen molar-refractivity contribution >= 4 is 40.3 Å². The first-order chi connectivity index (χ1) is 15.7. The Labute approximate surface area is 197 Å². The molecule has 0 aromatic carbocycles. The minimum absolute atomic E-state index is 0.0238.